The molecule has 0 aliphatic heterocycles. The summed E-state index contributed by atoms with van der Waals surface area (Å²) in [5, 5.41) is 0. The highest BCUT2D eigenvalue weighted by atomic mass is 32.2. The molecule has 0 N–H and O–H groups in total. The summed E-state index contributed by atoms with van der Waals surface area (Å²) in [5.41, 5.74) is 1.65. The highest BCUT2D eigenvalue weighted by Crippen LogP contribution is 2.36. The van der Waals surface area contributed by atoms with Crippen LogP contribution in [0.3, 0.4) is 0 Å². The summed E-state index contributed by atoms with van der Waals surface area (Å²) >= 11 is 0. The van der Waals surface area contributed by atoms with Crippen molar-refractivity contribution >= 4 is 15.6 Å². The van der Waals surface area contributed by atoms with Gasteiger partial charge in [-0.25, -0.2) is 8.42 Å². The molecule has 0 spiro atoms. The van der Waals surface area contributed by atoms with Crippen molar-refractivity contribution in [3.8, 4) is 0 Å². The van der Waals surface area contributed by atoms with Crippen LogP contribution in [0.4, 0.5) is 0 Å². The number of benzene rings is 1. The Kier molecular flexibility index (Phi) is 3.56. The monoisotopic (exact) mass is 280 g/mol. The molecule has 19 heavy (non-hydrogen) atoms. The summed E-state index contributed by atoms with van der Waals surface area (Å²) in [6.45, 7) is 2.95. The molecule has 0 bridgehead atoms. The van der Waals surface area contributed by atoms with Crippen LogP contribution >= 0.6 is 0 Å². The van der Waals surface area contributed by atoms with Crippen LogP contribution < -0.4 is 0 Å². The predicted molar refractivity (Wildman–Crippen MR) is 76.3 cm³/mol. The Labute approximate surface area is 114 Å². The van der Waals surface area contributed by atoms with E-state index < -0.39 is 14.6 Å². The average Bonchev–Trinajstić information content (AvgIpc) is 2.24. The van der Waals surface area contributed by atoms with Crippen molar-refractivity contribution in [1.82, 2.24) is 0 Å². The lowest BCUT2D eigenvalue weighted by atomic mass is 9.79. The van der Waals surface area contributed by atoms with Crippen molar-refractivity contribution < 1.29 is 13.2 Å². The summed E-state index contributed by atoms with van der Waals surface area (Å²) in [5.74, 6) is 0.213. The highest BCUT2D eigenvalue weighted by Gasteiger charge is 2.39. The van der Waals surface area contributed by atoms with E-state index in [1.807, 2.05) is 18.2 Å². The maximum absolute atomic E-state index is 12.4. The molecule has 1 aliphatic rings. The van der Waals surface area contributed by atoms with Crippen LogP contribution in [0.5, 0.6) is 0 Å². The first-order chi connectivity index (χ1) is 8.73. The van der Waals surface area contributed by atoms with E-state index in [2.05, 4.69) is 0 Å². The van der Waals surface area contributed by atoms with E-state index in [-0.39, 0.29) is 5.78 Å². The topological polar surface area (TPSA) is 51.2 Å². The molecule has 0 unspecified atom stereocenters. The van der Waals surface area contributed by atoms with Crippen molar-refractivity contribution in [3.63, 3.8) is 0 Å². The molecule has 0 atom stereocenters. The molecular formula is C15H20O3S. The third-order valence-corrected chi connectivity index (χ3v) is 6.24. The predicted octanol–water partition coefficient (Wildman–Crippen LogP) is 2.96. The van der Waals surface area contributed by atoms with Crippen molar-refractivity contribution in [3.05, 3.63) is 35.4 Å². The fourth-order valence-corrected chi connectivity index (χ4v) is 2.65. The number of carbonyl (C=O) groups is 1. The molecule has 3 nitrogen and oxygen atoms in total. The zero-order valence-electron chi connectivity index (χ0n) is 11.6. The van der Waals surface area contributed by atoms with E-state index >= 15 is 0 Å². The normalized spacial score (nSPS) is 17.0. The number of hydrogen-bond donors (Lipinski definition) is 0. The van der Waals surface area contributed by atoms with Gasteiger partial charge in [0, 0.05) is 11.8 Å². The Morgan fingerprint density at radius 1 is 1.26 bits per heavy atom. The molecule has 1 aromatic rings. The van der Waals surface area contributed by atoms with Crippen LogP contribution in [0.1, 0.15) is 54.9 Å². The maximum Gasteiger partial charge on any atom is 0.183 e. The Bertz CT molecular complexity index is 596. The standard InChI is InChI=1S/C15H20O3S/c1-15(2,19(3,17)18)14(16)13-9-5-8-12(10-13)11-6-4-7-11/h5,8-11H,4,6-7H2,1-3H3. The van der Waals surface area contributed by atoms with Gasteiger partial charge in [0.2, 0.25) is 0 Å². The smallest absolute Gasteiger partial charge is 0.183 e. The molecule has 0 saturated heterocycles. The van der Waals surface area contributed by atoms with Gasteiger partial charge >= 0.3 is 0 Å². The van der Waals surface area contributed by atoms with E-state index in [4.69, 9.17) is 0 Å². The first kappa shape index (κ1) is 14.3. The van der Waals surface area contributed by atoms with Gasteiger partial charge in [-0.15, -0.1) is 0 Å². The van der Waals surface area contributed by atoms with Gasteiger partial charge in [-0.05, 0) is 44.2 Å². The largest absolute Gasteiger partial charge is 0.292 e. The fourth-order valence-electron chi connectivity index (χ4n) is 2.19. The maximum atomic E-state index is 12.4. The number of rotatable bonds is 4. The molecule has 0 heterocycles. The van der Waals surface area contributed by atoms with E-state index in [0.29, 0.717) is 11.5 Å². The lowest BCUT2D eigenvalue weighted by Gasteiger charge is -2.27. The Morgan fingerprint density at radius 3 is 2.37 bits per heavy atom. The summed E-state index contributed by atoms with van der Waals surface area (Å²) in [7, 11) is -3.42. The number of ketones is 1. The second-order valence-electron chi connectivity index (χ2n) is 5.86. The molecule has 1 aliphatic carbocycles. The minimum absolute atomic E-state index is 0.323. The minimum Gasteiger partial charge on any atom is -0.292 e. The van der Waals surface area contributed by atoms with Crippen LogP contribution in [0.2, 0.25) is 0 Å². The lowest BCUT2D eigenvalue weighted by Crippen LogP contribution is -2.40. The molecule has 1 saturated carbocycles. The molecule has 1 fully saturated rings. The van der Waals surface area contributed by atoms with Crippen LogP contribution in [-0.2, 0) is 9.84 Å². The van der Waals surface area contributed by atoms with Crippen molar-refractivity contribution in [2.45, 2.75) is 43.8 Å². The first-order valence-electron chi connectivity index (χ1n) is 6.58. The van der Waals surface area contributed by atoms with Crippen molar-refractivity contribution in [2.24, 2.45) is 0 Å². The molecule has 0 amide bonds. The quantitative estimate of drug-likeness (QED) is 0.797. The van der Waals surface area contributed by atoms with Gasteiger partial charge in [-0.1, -0.05) is 24.6 Å². The number of sulfone groups is 1. The average molecular weight is 280 g/mol. The molecule has 1 aromatic carbocycles. The zero-order valence-corrected chi connectivity index (χ0v) is 12.5. The Balaban J connectivity index is 2.34. The van der Waals surface area contributed by atoms with Gasteiger partial charge in [0.05, 0.1) is 0 Å². The van der Waals surface area contributed by atoms with E-state index in [9.17, 15) is 13.2 Å². The molecule has 0 radical (unpaired) electrons. The van der Waals surface area contributed by atoms with E-state index in [0.717, 1.165) is 24.7 Å². The van der Waals surface area contributed by atoms with Crippen LogP contribution in [0.15, 0.2) is 24.3 Å². The second kappa shape index (κ2) is 4.75. The highest BCUT2D eigenvalue weighted by molar-refractivity contribution is 7.92. The lowest BCUT2D eigenvalue weighted by molar-refractivity contribution is 0.0954. The molecule has 4 heteroatoms. The molecule has 2 rings (SSSR count). The van der Waals surface area contributed by atoms with Crippen molar-refractivity contribution in [1.29, 1.82) is 0 Å². The summed E-state index contributed by atoms with van der Waals surface area (Å²) < 4.78 is 22.1. The van der Waals surface area contributed by atoms with Crippen LogP contribution in [-0.4, -0.2) is 25.2 Å². The number of carbonyl (C=O) groups excluding carboxylic acids is 1. The molecule has 0 aromatic heterocycles. The van der Waals surface area contributed by atoms with Crippen LogP contribution in [0.25, 0.3) is 0 Å². The summed E-state index contributed by atoms with van der Waals surface area (Å²) in [6.07, 6.45) is 4.67. The van der Waals surface area contributed by atoms with E-state index in [1.54, 1.807) is 6.07 Å². The van der Waals surface area contributed by atoms with Gasteiger partial charge in [0.1, 0.15) is 4.75 Å². The molecule has 104 valence electrons. The van der Waals surface area contributed by atoms with Gasteiger partial charge in [0.15, 0.2) is 15.6 Å². The number of Topliss-reactive ketones (excluding diaryl/α,β-unsaturated/α-hetero) is 1. The van der Waals surface area contributed by atoms with Crippen LogP contribution in [0, 0.1) is 0 Å². The number of hydrogen-bond acceptors (Lipinski definition) is 3. The summed E-state index contributed by atoms with van der Waals surface area (Å²) in [6, 6.07) is 7.43. The van der Waals surface area contributed by atoms with Crippen molar-refractivity contribution in [2.75, 3.05) is 6.26 Å². The third kappa shape index (κ3) is 2.59. The Morgan fingerprint density at radius 2 is 1.89 bits per heavy atom. The van der Waals surface area contributed by atoms with Gasteiger partial charge in [-0.3, -0.25) is 4.79 Å². The zero-order chi connectivity index (χ0) is 14.3. The summed E-state index contributed by atoms with van der Waals surface area (Å²) in [4.78, 5) is 12.4. The molecular weight excluding hydrogens is 260 g/mol. The SMILES string of the molecule is CC(C)(C(=O)c1cccc(C2CCC2)c1)S(C)(=O)=O. The van der Waals surface area contributed by atoms with Gasteiger partial charge < -0.3 is 0 Å². The Hall–Kier alpha value is -1.16. The van der Waals surface area contributed by atoms with E-state index in [1.165, 1.54) is 20.3 Å². The first-order valence-corrected chi connectivity index (χ1v) is 8.47. The fraction of sp³-hybridized carbons (Fsp3) is 0.533. The second-order valence-corrected chi connectivity index (χ2v) is 8.43. The van der Waals surface area contributed by atoms with Gasteiger partial charge in [0.25, 0.3) is 0 Å². The van der Waals surface area contributed by atoms with Gasteiger partial charge in [-0.2, -0.15) is 0 Å². The minimum atomic E-state index is -3.42. The third-order valence-electron chi connectivity index (χ3n) is 4.20.